The van der Waals surface area contributed by atoms with Crippen molar-refractivity contribution in [1.82, 2.24) is 9.88 Å². The largest absolute Gasteiger partial charge is 0.346 e. The van der Waals surface area contributed by atoms with Crippen LogP contribution in [0.5, 0.6) is 0 Å². The van der Waals surface area contributed by atoms with E-state index < -0.39 is 0 Å². The van der Waals surface area contributed by atoms with E-state index in [-0.39, 0.29) is 0 Å². The van der Waals surface area contributed by atoms with Gasteiger partial charge in [-0.25, -0.2) is 0 Å². The molecule has 1 heterocycles. The third kappa shape index (κ3) is 2.66. The summed E-state index contributed by atoms with van der Waals surface area (Å²) in [6, 6.07) is 10.6. The number of hydrogen-bond donors (Lipinski definition) is 1. The molecule has 1 aromatic heterocycles. The second-order valence-corrected chi connectivity index (χ2v) is 4.50. The number of aromatic nitrogens is 1. The number of hydrogen-bond acceptors (Lipinski definition) is 2. The van der Waals surface area contributed by atoms with Gasteiger partial charge in [0.25, 0.3) is 0 Å². The molecule has 3 heteroatoms. The van der Waals surface area contributed by atoms with Crippen molar-refractivity contribution in [2.45, 2.75) is 26.4 Å². The van der Waals surface area contributed by atoms with Crippen LogP contribution in [0.1, 0.15) is 19.4 Å². The molecular weight excluding hydrogens is 210 g/mol. The Morgan fingerprint density at radius 1 is 1.35 bits per heavy atom. The zero-order valence-electron chi connectivity index (χ0n) is 10.3. The third-order valence-corrected chi connectivity index (χ3v) is 2.81. The lowest BCUT2D eigenvalue weighted by Crippen LogP contribution is -2.26. The summed E-state index contributed by atoms with van der Waals surface area (Å²) in [5.41, 5.74) is 1.85. The maximum absolute atomic E-state index is 8.90. The van der Waals surface area contributed by atoms with E-state index in [1.54, 1.807) is 0 Å². The molecule has 3 nitrogen and oxygen atoms in total. The maximum atomic E-state index is 8.90. The van der Waals surface area contributed by atoms with Crippen LogP contribution in [0.3, 0.4) is 0 Å². The SMILES string of the molecule is CC(C)NCCn1ccc2ccc(C#N)cc21. The van der Waals surface area contributed by atoms with Crippen molar-refractivity contribution in [3.05, 3.63) is 36.0 Å². The number of benzene rings is 1. The Kier molecular flexibility index (Phi) is 3.46. The lowest BCUT2D eigenvalue weighted by atomic mass is 10.2. The normalized spacial score (nSPS) is 10.9. The van der Waals surface area contributed by atoms with Gasteiger partial charge in [-0.15, -0.1) is 0 Å². The molecule has 0 aliphatic rings. The van der Waals surface area contributed by atoms with Crippen molar-refractivity contribution in [2.75, 3.05) is 6.54 Å². The Hall–Kier alpha value is -1.79. The van der Waals surface area contributed by atoms with Gasteiger partial charge >= 0.3 is 0 Å². The predicted octanol–water partition coefficient (Wildman–Crippen LogP) is 2.51. The minimum absolute atomic E-state index is 0.506. The first-order valence-electron chi connectivity index (χ1n) is 5.93. The Morgan fingerprint density at radius 2 is 2.18 bits per heavy atom. The lowest BCUT2D eigenvalue weighted by Gasteiger charge is -2.09. The number of nitrogens with zero attached hydrogens (tertiary/aromatic N) is 2. The summed E-state index contributed by atoms with van der Waals surface area (Å²) in [6.45, 7) is 6.15. The van der Waals surface area contributed by atoms with Crippen LogP contribution in [-0.4, -0.2) is 17.2 Å². The van der Waals surface area contributed by atoms with E-state index in [9.17, 15) is 0 Å². The van der Waals surface area contributed by atoms with E-state index >= 15 is 0 Å². The van der Waals surface area contributed by atoms with Gasteiger partial charge in [0, 0.05) is 30.8 Å². The van der Waals surface area contributed by atoms with Crippen molar-refractivity contribution < 1.29 is 0 Å². The first-order valence-corrected chi connectivity index (χ1v) is 5.93. The molecule has 0 fully saturated rings. The summed E-state index contributed by atoms with van der Waals surface area (Å²) in [6.07, 6.45) is 2.08. The minimum Gasteiger partial charge on any atom is -0.346 e. The maximum Gasteiger partial charge on any atom is 0.0992 e. The number of nitrogens with one attached hydrogen (secondary N) is 1. The van der Waals surface area contributed by atoms with Crippen molar-refractivity contribution in [3.8, 4) is 6.07 Å². The van der Waals surface area contributed by atoms with Crippen LogP contribution in [-0.2, 0) is 6.54 Å². The minimum atomic E-state index is 0.506. The summed E-state index contributed by atoms with van der Waals surface area (Å²) in [7, 11) is 0. The Balaban J connectivity index is 2.20. The third-order valence-electron chi connectivity index (χ3n) is 2.81. The van der Waals surface area contributed by atoms with Crippen LogP contribution >= 0.6 is 0 Å². The molecule has 0 atom stereocenters. The highest BCUT2D eigenvalue weighted by Gasteiger charge is 2.02. The van der Waals surface area contributed by atoms with E-state index in [1.165, 1.54) is 5.39 Å². The number of nitriles is 1. The van der Waals surface area contributed by atoms with Gasteiger partial charge in [-0.2, -0.15) is 5.26 Å². The first kappa shape index (κ1) is 11.7. The van der Waals surface area contributed by atoms with Gasteiger partial charge in [0.05, 0.1) is 11.6 Å². The molecule has 0 saturated heterocycles. The topological polar surface area (TPSA) is 40.8 Å². The average molecular weight is 227 g/mol. The Labute approximate surface area is 102 Å². The molecule has 2 aromatic rings. The highest BCUT2D eigenvalue weighted by molar-refractivity contribution is 5.81. The van der Waals surface area contributed by atoms with Crippen molar-refractivity contribution in [1.29, 1.82) is 5.26 Å². The van der Waals surface area contributed by atoms with Crippen molar-refractivity contribution in [3.63, 3.8) is 0 Å². The number of fused-ring (bicyclic) bond motifs is 1. The van der Waals surface area contributed by atoms with Gasteiger partial charge in [-0.05, 0) is 23.6 Å². The molecule has 0 aliphatic carbocycles. The second kappa shape index (κ2) is 5.03. The van der Waals surface area contributed by atoms with Crippen LogP contribution in [0.2, 0.25) is 0 Å². The Morgan fingerprint density at radius 3 is 2.88 bits per heavy atom. The first-order chi connectivity index (χ1) is 8.20. The van der Waals surface area contributed by atoms with Gasteiger partial charge in [-0.3, -0.25) is 0 Å². The van der Waals surface area contributed by atoms with E-state index in [2.05, 4.69) is 42.1 Å². The van der Waals surface area contributed by atoms with Gasteiger partial charge < -0.3 is 9.88 Å². The fourth-order valence-corrected chi connectivity index (χ4v) is 1.92. The van der Waals surface area contributed by atoms with E-state index in [0.717, 1.165) is 18.6 Å². The van der Waals surface area contributed by atoms with Crippen LogP contribution in [0.4, 0.5) is 0 Å². The molecule has 17 heavy (non-hydrogen) atoms. The molecule has 0 radical (unpaired) electrons. The summed E-state index contributed by atoms with van der Waals surface area (Å²) >= 11 is 0. The second-order valence-electron chi connectivity index (χ2n) is 4.50. The molecular formula is C14H17N3. The molecule has 88 valence electrons. The molecule has 0 amide bonds. The molecule has 1 N–H and O–H groups in total. The zero-order chi connectivity index (χ0) is 12.3. The van der Waals surface area contributed by atoms with Crippen LogP contribution in [0, 0.1) is 11.3 Å². The van der Waals surface area contributed by atoms with Gasteiger partial charge in [-0.1, -0.05) is 19.9 Å². The molecule has 0 saturated carbocycles. The summed E-state index contributed by atoms with van der Waals surface area (Å²) in [4.78, 5) is 0. The highest BCUT2D eigenvalue weighted by atomic mass is 15.0. The van der Waals surface area contributed by atoms with Crippen molar-refractivity contribution >= 4 is 10.9 Å². The fourth-order valence-electron chi connectivity index (χ4n) is 1.92. The zero-order valence-corrected chi connectivity index (χ0v) is 10.3. The van der Waals surface area contributed by atoms with Gasteiger partial charge in [0.15, 0.2) is 0 Å². The van der Waals surface area contributed by atoms with E-state index in [4.69, 9.17) is 5.26 Å². The molecule has 0 unspecified atom stereocenters. The lowest BCUT2D eigenvalue weighted by molar-refractivity contribution is 0.548. The molecule has 0 spiro atoms. The summed E-state index contributed by atoms with van der Waals surface area (Å²) < 4.78 is 2.19. The standard InChI is InChI=1S/C14H17N3/c1-11(2)16-6-8-17-7-5-13-4-3-12(10-15)9-14(13)17/h3-5,7,9,11,16H,6,8H2,1-2H3. The van der Waals surface area contributed by atoms with Gasteiger partial charge in [0.2, 0.25) is 0 Å². The number of rotatable bonds is 4. The molecule has 0 bridgehead atoms. The average Bonchev–Trinajstić information content (AvgIpc) is 2.71. The molecule has 2 rings (SSSR count). The molecule has 0 aliphatic heterocycles. The van der Waals surface area contributed by atoms with E-state index in [0.29, 0.717) is 11.6 Å². The van der Waals surface area contributed by atoms with Crippen LogP contribution < -0.4 is 5.32 Å². The van der Waals surface area contributed by atoms with Crippen LogP contribution in [0.15, 0.2) is 30.5 Å². The van der Waals surface area contributed by atoms with Crippen molar-refractivity contribution in [2.24, 2.45) is 0 Å². The Bertz CT molecular complexity index is 546. The summed E-state index contributed by atoms with van der Waals surface area (Å²) in [5, 5.41) is 13.5. The van der Waals surface area contributed by atoms with Crippen LogP contribution in [0.25, 0.3) is 10.9 Å². The van der Waals surface area contributed by atoms with E-state index in [1.807, 2.05) is 18.2 Å². The predicted molar refractivity (Wildman–Crippen MR) is 69.8 cm³/mol. The highest BCUT2D eigenvalue weighted by Crippen LogP contribution is 2.17. The quantitative estimate of drug-likeness (QED) is 0.872. The smallest absolute Gasteiger partial charge is 0.0992 e. The monoisotopic (exact) mass is 227 g/mol. The van der Waals surface area contributed by atoms with Gasteiger partial charge in [0.1, 0.15) is 0 Å². The fraction of sp³-hybridized carbons (Fsp3) is 0.357. The molecule has 1 aromatic carbocycles. The summed E-state index contributed by atoms with van der Waals surface area (Å²) in [5.74, 6) is 0.